The van der Waals surface area contributed by atoms with Crippen LogP contribution in [-0.2, 0) is 4.79 Å². The van der Waals surface area contributed by atoms with Crippen molar-refractivity contribution in [2.45, 2.75) is 19.4 Å². The molecule has 1 aromatic rings. The van der Waals surface area contributed by atoms with E-state index in [4.69, 9.17) is 5.73 Å². The summed E-state index contributed by atoms with van der Waals surface area (Å²) >= 11 is 0. The number of primary amides is 1. The molecule has 0 aromatic heterocycles. The number of rotatable bonds is 6. The van der Waals surface area contributed by atoms with Crippen molar-refractivity contribution >= 4 is 17.4 Å². The molecule has 0 aliphatic heterocycles. The lowest BCUT2D eigenvalue weighted by atomic mass is 9.92. The third-order valence-corrected chi connectivity index (χ3v) is 3.12. The summed E-state index contributed by atoms with van der Waals surface area (Å²) in [6.07, 6.45) is 4.03. The maximum absolute atomic E-state index is 12.4. The number of hydrogen-bond acceptors (Lipinski definition) is 4. The van der Waals surface area contributed by atoms with Gasteiger partial charge < -0.3 is 15.7 Å². The lowest BCUT2D eigenvalue weighted by Gasteiger charge is -2.19. The quantitative estimate of drug-likeness (QED) is 0.476. The van der Waals surface area contributed by atoms with Crippen LogP contribution in [0.15, 0.2) is 48.1 Å². The molecular weight excluding hydrogens is 280 g/mol. The third-order valence-electron chi connectivity index (χ3n) is 3.12. The number of carbonyl (C=O) groups excluding carboxylic acids is 2. The van der Waals surface area contributed by atoms with Crippen molar-refractivity contribution in [3.05, 3.63) is 53.6 Å². The molecule has 0 saturated carbocycles. The average molecular weight is 302 g/mol. The van der Waals surface area contributed by atoms with Gasteiger partial charge in [-0.1, -0.05) is 11.6 Å². The highest BCUT2D eigenvalue weighted by Crippen LogP contribution is 2.19. The smallest absolute Gasteiger partial charge is 0.241 e. The lowest BCUT2D eigenvalue weighted by Crippen LogP contribution is -2.33. The summed E-state index contributed by atoms with van der Waals surface area (Å²) in [6, 6.07) is 6.98. The fourth-order valence-electron chi connectivity index (χ4n) is 1.97. The molecule has 0 saturated heterocycles. The number of hydrogen-bond donors (Lipinski definition) is 2. The molecule has 1 unspecified atom stereocenters. The number of benzene rings is 1. The van der Waals surface area contributed by atoms with Gasteiger partial charge in [0.2, 0.25) is 5.91 Å². The number of anilines is 1. The highest BCUT2D eigenvalue weighted by Gasteiger charge is 2.28. The highest BCUT2D eigenvalue weighted by molar-refractivity contribution is 6.03. The van der Waals surface area contributed by atoms with E-state index in [1.54, 1.807) is 19.1 Å². The SMILES string of the molecule is CC(C=CC(N)=O)=CC(C)(O)C(=O)c1ccc(N(C)C)cc1. The molecule has 5 nitrogen and oxygen atoms in total. The van der Waals surface area contributed by atoms with Gasteiger partial charge in [0.1, 0.15) is 5.60 Å². The second kappa shape index (κ2) is 7.04. The Morgan fingerprint density at radius 3 is 2.18 bits per heavy atom. The zero-order valence-corrected chi connectivity index (χ0v) is 13.3. The summed E-state index contributed by atoms with van der Waals surface area (Å²) in [5.74, 6) is -0.998. The minimum atomic E-state index is -1.66. The van der Waals surface area contributed by atoms with Crippen LogP contribution in [0.1, 0.15) is 24.2 Å². The second-order valence-corrected chi connectivity index (χ2v) is 5.54. The van der Waals surface area contributed by atoms with Crippen LogP contribution in [0.5, 0.6) is 0 Å². The summed E-state index contributed by atoms with van der Waals surface area (Å²) < 4.78 is 0. The molecule has 1 amide bonds. The molecule has 118 valence electrons. The van der Waals surface area contributed by atoms with E-state index in [-0.39, 0.29) is 0 Å². The number of carbonyl (C=O) groups is 2. The van der Waals surface area contributed by atoms with Crippen molar-refractivity contribution in [2.75, 3.05) is 19.0 Å². The fourth-order valence-corrected chi connectivity index (χ4v) is 1.97. The summed E-state index contributed by atoms with van der Waals surface area (Å²) in [6.45, 7) is 3.09. The van der Waals surface area contributed by atoms with Crippen molar-refractivity contribution in [1.29, 1.82) is 0 Å². The van der Waals surface area contributed by atoms with Gasteiger partial charge in [-0.3, -0.25) is 9.59 Å². The molecule has 1 rings (SSSR count). The van der Waals surface area contributed by atoms with Crippen molar-refractivity contribution in [2.24, 2.45) is 5.73 Å². The third kappa shape index (κ3) is 4.86. The molecule has 0 aliphatic carbocycles. The van der Waals surface area contributed by atoms with Crippen molar-refractivity contribution in [1.82, 2.24) is 0 Å². The molecular formula is C17H22N2O3. The van der Waals surface area contributed by atoms with Crippen LogP contribution in [0.2, 0.25) is 0 Å². The van der Waals surface area contributed by atoms with Gasteiger partial charge in [0.25, 0.3) is 0 Å². The van der Waals surface area contributed by atoms with Gasteiger partial charge in [-0.2, -0.15) is 0 Å². The number of Topliss-reactive ketones (excluding diaryl/α,β-unsaturated/α-hetero) is 1. The van der Waals surface area contributed by atoms with Gasteiger partial charge in [0.15, 0.2) is 5.78 Å². The predicted molar refractivity (Wildman–Crippen MR) is 87.8 cm³/mol. The number of ketones is 1. The monoisotopic (exact) mass is 302 g/mol. The topological polar surface area (TPSA) is 83.6 Å². The predicted octanol–water partition coefficient (Wildman–Crippen LogP) is 1.67. The summed E-state index contributed by atoms with van der Waals surface area (Å²) in [5, 5.41) is 10.4. The van der Waals surface area contributed by atoms with Crippen LogP contribution >= 0.6 is 0 Å². The van der Waals surface area contributed by atoms with Gasteiger partial charge >= 0.3 is 0 Å². The normalized spacial score (nSPS) is 14.7. The number of nitrogens with two attached hydrogens (primary N) is 1. The molecule has 1 aromatic carbocycles. The lowest BCUT2D eigenvalue weighted by molar-refractivity contribution is -0.113. The van der Waals surface area contributed by atoms with Crippen LogP contribution in [0.3, 0.4) is 0 Å². The summed E-state index contributed by atoms with van der Waals surface area (Å²) in [7, 11) is 3.81. The first-order valence-corrected chi connectivity index (χ1v) is 6.85. The number of allylic oxidation sites excluding steroid dienone is 2. The standard InChI is InChI=1S/C17H22N2O3/c1-12(5-10-15(18)20)11-17(2,22)16(21)13-6-8-14(9-7-13)19(3)4/h5-11,22H,1-4H3,(H2,18,20). The molecule has 0 spiro atoms. The Morgan fingerprint density at radius 1 is 1.18 bits per heavy atom. The van der Waals surface area contributed by atoms with Gasteiger partial charge in [0.05, 0.1) is 0 Å². The Labute approximate surface area is 130 Å². The first-order valence-electron chi connectivity index (χ1n) is 6.85. The maximum Gasteiger partial charge on any atom is 0.241 e. The van der Waals surface area contributed by atoms with Crippen LogP contribution in [-0.4, -0.2) is 36.5 Å². The molecule has 0 fully saturated rings. The Balaban J connectivity index is 2.99. The van der Waals surface area contributed by atoms with E-state index in [1.165, 1.54) is 25.2 Å². The van der Waals surface area contributed by atoms with Gasteiger partial charge in [-0.15, -0.1) is 0 Å². The Kier molecular flexibility index (Phi) is 5.65. The maximum atomic E-state index is 12.4. The fraction of sp³-hybridized carbons (Fsp3) is 0.294. The highest BCUT2D eigenvalue weighted by atomic mass is 16.3. The van der Waals surface area contributed by atoms with Crippen molar-refractivity contribution in [3.63, 3.8) is 0 Å². The van der Waals surface area contributed by atoms with Gasteiger partial charge in [-0.25, -0.2) is 0 Å². The molecule has 5 heteroatoms. The van der Waals surface area contributed by atoms with Crippen molar-refractivity contribution < 1.29 is 14.7 Å². The molecule has 22 heavy (non-hydrogen) atoms. The first kappa shape index (κ1) is 17.7. The van der Waals surface area contributed by atoms with Crippen LogP contribution < -0.4 is 10.6 Å². The number of nitrogens with zero attached hydrogens (tertiary/aromatic N) is 1. The molecule has 0 bridgehead atoms. The van der Waals surface area contributed by atoms with E-state index in [9.17, 15) is 14.7 Å². The van der Waals surface area contributed by atoms with E-state index in [1.807, 2.05) is 31.1 Å². The first-order chi connectivity index (χ1) is 10.1. The number of amides is 1. The largest absolute Gasteiger partial charge is 0.378 e. The van der Waals surface area contributed by atoms with Crippen LogP contribution in [0, 0.1) is 0 Å². The van der Waals surface area contributed by atoms with E-state index < -0.39 is 17.3 Å². The van der Waals surface area contributed by atoms with Gasteiger partial charge in [0, 0.05) is 31.4 Å². The van der Waals surface area contributed by atoms with Crippen LogP contribution in [0.4, 0.5) is 5.69 Å². The summed E-state index contributed by atoms with van der Waals surface area (Å²) in [4.78, 5) is 25.0. The molecule has 0 aliphatic rings. The van der Waals surface area contributed by atoms with Crippen LogP contribution in [0.25, 0.3) is 0 Å². The average Bonchev–Trinajstić information content (AvgIpc) is 2.44. The van der Waals surface area contributed by atoms with E-state index in [0.717, 1.165) is 5.69 Å². The minimum Gasteiger partial charge on any atom is -0.378 e. The minimum absolute atomic E-state index is 0.412. The molecule has 1 atom stereocenters. The van der Waals surface area contributed by atoms with Crippen molar-refractivity contribution in [3.8, 4) is 0 Å². The zero-order valence-electron chi connectivity index (χ0n) is 13.3. The van der Waals surface area contributed by atoms with E-state index >= 15 is 0 Å². The molecule has 3 N–H and O–H groups in total. The number of aliphatic hydroxyl groups is 1. The molecule has 0 heterocycles. The summed E-state index contributed by atoms with van der Waals surface area (Å²) in [5.41, 5.74) is 5.30. The Morgan fingerprint density at radius 2 is 1.73 bits per heavy atom. The van der Waals surface area contributed by atoms with E-state index in [0.29, 0.717) is 11.1 Å². The van der Waals surface area contributed by atoms with E-state index in [2.05, 4.69) is 0 Å². The zero-order chi connectivity index (χ0) is 16.9. The second-order valence-electron chi connectivity index (χ2n) is 5.54. The van der Waals surface area contributed by atoms with Gasteiger partial charge in [-0.05, 0) is 44.2 Å². The Bertz CT molecular complexity index is 611. The Hall–Kier alpha value is -2.40. The molecule has 0 radical (unpaired) electrons.